The second-order valence-electron chi connectivity index (χ2n) is 4.20. The Bertz CT molecular complexity index is 277. The van der Waals surface area contributed by atoms with Gasteiger partial charge in [0, 0.05) is 5.03 Å². The third kappa shape index (κ3) is 2.95. The molecule has 3 nitrogen and oxygen atoms in total. The Kier molecular flexibility index (Phi) is 3.32. The monoisotopic (exact) mass is 230 g/mol. The first-order chi connectivity index (χ1) is 7.16. The maximum absolute atomic E-state index is 11.6. The van der Waals surface area contributed by atoms with Crippen LogP contribution in [0.1, 0.15) is 25.7 Å². The van der Waals surface area contributed by atoms with Crippen LogP contribution in [0.2, 0.25) is 0 Å². The average Bonchev–Trinajstić information content (AvgIpc) is 2.89. The van der Waals surface area contributed by atoms with Crippen molar-refractivity contribution in [3.63, 3.8) is 0 Å². The smallest absolute Gasteiger partial charge is 0.309 e. The van der Waals surface area contributed by atoms with Crippen LogP contribution >= 0.6 is 11.6 Å². The van der Waals surface area contributed by atoms with E-state index in [4.69, 9.17) is 21.1 Å². The molecule has 1 heterocycles. The minimum Gasteiger partial charge on any atom is -0.460 e. The Hall–Kier alpha value is -0.540. The summed E-state index contributed by atoms with van der Waals surface area (Å²) in [5, 5.41) is 0.359. The maximum atomic E-state index is 11.6. The first-order valence-electron chi connectivity index (χ1n) is 5.32. The highest BCUT2D eigenvalue weighted by atomic mass is 35.5. The fourth-order valence-corrected chi connectivity index (χ4v) is 2.14. The van der Waals surface area contributed by atoms with Crippen molar-refractivity contribution in [2.75, 3.05) is 6.61 Å². The second-order valence-corrected chi connectivity index (χ2v) is 4.74. The number of fused-ring (bicyclic) bond motifs is 1. The maximum Gasteiger partial charge on any atom is 0.309 e. The lowest BCUT2D eigenvalue weighted by atomic mass is 10.0. The predicted octanol–water partition coefficient (Wildman–Crippen LogP) is 2.24. The van der Waals surface area contributed by atoms with Crippen LogP contribution in [0, 0.1) is 5.92 Å². The molecule has 0 spiro atoms. The van der Waals surface area contributed by atoms with Gasteiger partial charge >= 0.3 is 5.97 Å². The van der Waals surface area contributed by atoms with Gasteiger partial charge in [-0.2, -0.15) is 0 Å². The Morgan fingerprint density at radius 2 is 2.27 bits per heavy atom. The van der Waals surface area contributed by atoms with Crippen molar-refractivity contribution in [1.82, 2.24) is 0 Å². The second kappa shape index (κ2) is 4.54. The molecule has 1 aliphatic heterocycles. The van der Waals surface area contributed by atoms with Gasteiger partial charge in [-0.3, -0.25) is 4.79 Å². The van der Waals surface area contributed by atoms with E-state index in [2.05, 4.69) is 6.58 Å². The number of carbonyl (C=O) groups excluding carboxylic acids is 1. The average molecular weight is 231 g/mol. The topological polar surface area (TPSA) is 38.8 Å². The van der Waals surface area contributed by atoms with Gasteiger partial charge in [0.25, 0.3) is 0 Å². The van der Waals surface area contributed by atoms with E-state index in [1.807, 2.05) is 0 Å². The van der Waals surface area contributed by atoms with Gasteiger partial charge in [0.2, 0.25) is 0 Å². The van der Waals surface area contributed by atoms with Gasteiger partial charge < -0.3 is 9.47 Å². The van der Waals surface area contributed by atoms with Gasteiger partial charge in [-0.25, -0.2) is 0 Å². The molecule has 2 aliphatic rings. The van der Waals surface area contributed by atoms with E-state index in [0.717, 1.165) is 25.7 Å². The molecule has 84 valence electrons. The van der Waals surface area contributed by atoms with E-state index < -0.39 is 0 Å². The molecule has 1 saturated carbocycles. The lowest BCUT2D eigenvalue weighted by Crippen LogP contribution is -2.19. The SMILES string of the molecule is C=C(Cl)COC(=O)C1CCCC2OC2C1. The van der Waals surface area contributed by atoms with Crippen molar-refractivity contribution >= 4 is 17.6 Å². The van der Waals surface area contributed by atoms with E-state index in [0.29, 0.717) is 17.2 Å². The van der Waals surface area contributed by atoms with Crippen molar-refractivity contribution < 1.29 is 14.3 Å². The molecule has 0 amide bonds. The highest BCUT2D eigenvalue weighted by molar-refractivity contribution is 6.29. The van der Waals surface area contributed by atoms with Gasteiger partial charge in [0.05, 0.1) is 18.1 Å². The highest BCUT2D eigenvalue weighted by Crippen LogP contribution is 2.38. The van der Waals surface area contributed by atoms with Crippen molar-refractivity contribution in [1.29, 1.82) is 0 Å². The van der Waals surface area contributed by atoms with Crippen LogP contribution in [0.3, 0.4) is 0 Å². The summed E-state index contributed by atoms with van der Waals surface area (Å²) in [4.78, 5) is 11.6. The third-order valence-electron chi connectivity index (χ3n) is 2.95. The zero-order chi connectivity index (χ0) is 10.8. The molecule has 2 rings (SSSR count). The molecule has 0 aromatic rings. The summed E-state index contributed by atoms with van der Waals surface area (Å²) in [5.74, 6) is -0.175. The van der Waals surface area contributed by atoms with Gasteiger partial charge in [-0.1, -0.05) is 18.2 Å². The Balaban J connectivity index is 1.80. The van der Waals surface area contributed by atoms with E-state index in [9.17, 15) is 4.79 Å². The first kappa shape index (κ1) is 11.0. The summed E-state index contributed by atoms with van der Waals surface area (Å²) < 4.78 is 10.5. The molecule has 3 unspecified atom stereocenters. The van der Waals surface area contributed by atoms with Crippen LogP contribution in [0.4, 0.5) is 0 Å². The van der Waals surface area contributed by atoms with Gasteiger partial charge in [-0.05, 0) is 25.7 Å². The van der Waals surface area contributed by atoms with E-state index in [-0.39, 0.29) is 18.5 Å². The normalized spacial score (nSPS) is 33.8. The van der Waals surface area contributed by atoms with Crippen molar-refractivity contribution in [3.8, 4) is 0 Å². The molecule has 2 fully saturated rings. The molecule has 0 aromatic carbocycles. The van der Waals surface area contributed by atoms with E-state index in [1.165, 1.54) is 0 Å². The number of halogens is 1. The Morgan fingerprint density at radius 3 is 3.00 bits per heavy atom. The summed E-state index contributed by atoms with van der Waals surface area (Å²) in [6.45, 7) is 3.59. The first-order valence-corrected chi connectivity index (χ1v) is 5.70. The minimum atomic E-state index is -0.159. The molecule has 0 radical (unpaired) electrons. The number of hydrogen-bond acceptors (Lipinski definition) is 3. The summed E-state index contributed by atoms with van der Waals surface area (Å²) in [7, 11) is 0. The van der Waals surface area contributed by atoms with Crippen LogP contribution < -0.4 is 0 Å². The summed E-state index contributed by atoms with van der Waals surface area (Å²) >= 11 is 5.53. The summed E-state index contributed by atoms with van der Waals surface area (Å²) in [6, 6.07) is 0. The van der Waals surface area contributed by atoms with Crippen LogP contribution in [0.5, 0.6) is 0 Å². The van der Waals surface area contributed by atoms with Crippen molar-refractivity contribution in [2.45, 2.75) is 37.9 Å². The summed E-state index contributed by atoms with van der Waals surface area (Å²) in [6.07, 6.45) is 4.54. The van der Waals surface area contributed by atoms with E-state index in [1.54, 1.807) is 0 Å². The summed E-state index contributed by atoms with van der Waals surface area (Å²) in [5.41, 5.74) is 0. The van der Waals surface area contributed by atoms with Crippen molar-refractivity contribution in [2.24, 2.45) is 5.92 Å². The Morgan fingerprint density at radius 1 is 1.47 bits per heavy atom. The van der Waals surface area contributed by atoms with Gasteiger partial charge in [-0.15, -0.1) is 0 Å². The number of ether oxygens (including phenoxy) is 2. The van der Waals surface area contributed by atoms with Gasteiger partial charge in [0.15, 0.2) is 0 Å². The number of esters is 1. The molecule has 1 aliphatic carbocycles. The van der Waals surface area contributed by atoms with Crippen molar-refractivity contribution in [3.05, 3.63) is 11.6 Å². The van der Waals surface area contributed by atoms with Gasteiger partial charge in [0.1, 0.15) is 6.61 Å². The molecule has 1 saturated heterocycles. The predicted molar refractivity (Wildman–Crippen MR) is 56.6 cm³/mol. The highest BCUT2D eigenvalue weighted by Gasteiger charge is 2.43. The number of rotatable bonds is 3. The lowest BCUT2D eigenvalue weighted by Gasteiger charge is -2.13. The fourth-order valence-electron chi connectivity index (χ4n) is 2.09. The molecule has 0 N–H and O–H groups in total. The third-order valence-corrected chi connectivity index (χ3v) is 3.06. The molecular weight excluding hydrogens is 216 g/mol. The zero-order valence-electron chi connectivity index (χ0n) is 8.58. The zero-order valence-corrected chi connectivity index (χ0v) is 9.33. The van der Waals surface area contributed by atoms with Crippen LogP contribution in [-0.2, 0) is 14.3 Å². The Labute approximate surface area is 94.4 Å². The standard InChI is InChI=1S/C11H15ClO3/c1-7(12)6-14-11(13)8-3-2-4-9-10(5-8)15-9/h8-10H,1-6H2. The molecular formula is C11H15ClO3. The van der Waals surface area contributed by atoms with E-state index >= 15 is 0 Å². The van der Waals surface area contributed by atoms with Crippen LogP contribution in [0.15, 0.2) is 11.6 Å². The molecule has 4 heteroatoms. The van der Waals surface area contributed by atoms with Crippen LogP contribution in [-0.4, -0.2) is 24.8 Å². The quantitative estimate of drug-likeness (QED) is 0.551. The number of epoxide rings is 1. The lowest BCUT2D eigenvalue weighted by molar-refractivity contribution is -0.148. The molecule has 0 bridgehead atoms. The number of carbonyl (C=O) groups is 1. The number of hydrogen-bond donors (Lipinski definition) is 0. The molecule has 0 aromatic heterocycles. The molecule has 3 atom stereocenters. The largest absolute Gasteiger partial charge is 0.460 e. The minimum absolute atomic E-state index is 0.0153. The van der Waals surface area contributed by atoms with Crippen LogP contribution in [0.25, 0.3) is 0 Å². The fraction of sp³-hybridized carbons (Fsp3) is 0.727. The molecule has 15 heavy (non-hydrogen) atoms.